The minimum Gasteiger partial charge on any atom is -0.390 e. The minimum atomic E-state index is 0.760. The number of nitrogens with zero attached hydrogens (tertiary/aromatic N) is 3. The van der Waals surface area contributed by atoms with Gasteiger partial charge in [0.2, 0.25) is 0 Å². The smallest absolute Gasteiger partial charge is 0.191 e. The highest BCUT2D eigenvalue weighted by Crippen LogP contribution is 2.34. The van der Waals surface area contributed by atoms with E-state index in [1.807, 2.05) is 24.6 Å². The maximum Gasteiger partial charge on any atom is 0.191 e. The number of hydrogen-bond acceptors (Lipinski definition) is 5. The van der Waals surface area contributed by atoms with E-state index in [1.165, 1.54) is 4.88 Å². The molecule has 0 atom stereocenters. The molecule has 3 aromatic rings. The van der Waals surface area contributed by atoms with Crippen molar-refractivity contribution in [2.75, 3.05) is 5.73 Å². The molecule has 3 aromatic heterocycles. The van der Waals surface area contributed by atoms with Crippen LogP contribution >= 0.6 is 22.7 Å². The van der Waals surface area contributed by atoms with Crippen LogP contribution in [0.15, 0.2) is 23.6 Å². The largest absolute Gasteiger partial charge is 0.390 e. The van der Waals surface area contributed by atoms with Crippen LogP contribution in [0.2, 0.25) is 0 Å². The molecule has 6 heteroatoms. The van der Waals surface area contributed by atoms with Gasteiger partial charge in [-0.05, 0) is 23.9 Å². The van der Waals surface area contributed by atoms with Crippen LogP contribution in [-0.2, 0) is 13.5 Å². The van der Waals surface area contributed by atoms with Crippen LogP contribution in [0.25, 0.3) is 22.1 Å². The summed E-state index contributed by atoms with van der Waals surface area (Å²) in [6.07, 6.45) is 0.991. The zero-order valence-corrected chi connectivity index (χ0v) is 12.4. The van der Waals surface area contributed by atoms with Gasteiger partial charge >= 0.3 is 0 Å². The Morgan fingerprint density at radius 1 is 1.42 bits per heavy atom. The molecule has 0 spiro atoms. The number of aromatic nitrogens is 3. The molecule has 0 bridgehead atoms. The summed E-state index contributed by atoms with van der Waals surface area (Å²) in [6, 6.07) is 6.14. The number of hydrogen-bond donors (Lipinski definition) is 1. The minimum absolute atomic E-state index is 0.760. The SMILES string of the molecule is CCc1cc(-c2nc(-c3cccs3)nn2C)c(N)s1. The second kappa shape index (κ2) is 4.79. The molecule has 0 saturated heterocycles. The number of anilines is 1. The van der Waals surface area contributed by atoms with Crippen molar-refractivity contribution >= 4 is 27.7 Å². The number of aryl methyl sites for hydroxylation is 2. The predicted octanol–water partition coefficient (Wildman–Crippen LogP) is 3.42. The molecule has 4 nitrogen and oxygen atoms in total. The molecule has 3 rings (SSSR count). The molecule has 0 aliphatic heterocycles. The van der Waals surface area contributed by atoms with Crippen LogP contribution in [0.1, 0.15) is 11.8 Å². The van der Waals surface area contributed by atoms with E-state index in [-0.39, 0.29) is 0 Å². The summed E-state index contributed by atoms with van der Waals surface area (Å²) < 4.78 is 1.80. The fourth-order valence-corrected chi connectivity index (χ4v) is 3.45. The molecule has 0 aliphatic carbocycles. The Kier molecular flexibility index (Phi) is 3.12. The van der Waals surface area contributed by atoms with E-state index in [2.05, 4.69) is 23.1 Å². The number of rotatable bonds is 3. The van der Waals surface area contributed by atoms with Crippen LogP contribution in [0.5, 0.6) is 0 Å². The zero-order valence-electron chi connectivity index (χ0n) is 10.8. The van der Waals surface area contributed by atoms with Gasteiger partial charge in [0, 0.05) is 11.9 Å². The standard InChI is InChI=1S/C13H14N4S2/c1-3-8-7-9(11(14)19-8)13-15-12(16-17(13)2)10-5-4-6-18-10/h4-7H,3,14H2,1-2H3. The normalized spacial score (nSPS) is 11.1. The first-order chi connectivity index (χ1) is 9.19. The van der Waals surface area contributed by atoms with Crippen molar-refractivity contribution in [3.63, 3.8) is 0 Å². The van der Waals surface area contributed by atoms with Gasteiger partial charge in [0.1, 0.15) is 0 Å². The van der Waals surface area contributed by atoms with Crippen LogP contribution < -0.4 is 5.73 Å². The van der Waals surface area contributed by atoms with E-state index in [4.69, 9.17) is 5.73 Å². The van der Waals surface area contributed by atoms with Gasteiger partial charge in [-0.3, -0.25) is 0 Å². The summed E-state index contributed by atoms with van der Waals surface area (Å²) in [5.41, 5.74) is 7.07. The third kappa shape index (κ3) is 2.17. The maximum atomic E-state index is 6.09. The van der Waals surface area contributed by atoms with E-state index < -0.39 is 0 Å². The Balaban J connectivity index is 2.08. The van der Waals surface area contributed by atoms with Gasteiger partial charge in [0.15, 0.2) is 11.6 Å². The van der Waals surface area contributed by atoms with Gasteiger partial charge in [-0.15, -0.1) is 27.8 Å². The lowest BCUT2D eigenvalue weighted by molar-refractivity contribution is 0.778. The van der Waals surface area contributed by atoms with Gasteiger partial charge in [-0.1, -0.05) is 13.0 Å². The lowest BCUT2D eigenvalue weighted by atomic mass is 10.2. The Hall–Kier alpha value is -1.66. The Morgan fingerprint density at radius 3 is 2.89 bits per heavy atom. The van der Waals surface area contributed by atoms with Crippen molar-refractivity contribution in [3.8, 4) is 22.1 Å². The topological polar surface area (TPSA) is 56.7 Å². The average molecular weight is 290 g/mol. The van der Waals surface area contributed by atoms with Crippen LogP contribution in [0, 0.1) is 0 Å². The second-order valence-corrected chi connectivity index (χ2v) is 6.32. The molecule has 0 amide bonds. The molecule has 0 aliphatic rings. The van der Waals surface area contributed by atoms with Crippen molar-refractivity contribution in [2.24, 2.45) is 7.05 Å². The van der Waals surface area contributed by atoms with Crippen molar-refractivity contribution in [1.29, 1.82) is 0 Å². The molecule has 0 unspecified atom stereocenters. The maximum absolute atomic E-state index is 6.09. The average Bonchev–Trinajstić information content (AvgIpc) is 3.08. The first-order valence-electron chi connectivity index (χ1n) is 6.02. The fraction of sp³-hybridized carbons (Fsp3) is 0.231. The third-order valence-electron chi connectivity index (χ3n) is 2.91. The zero-order chi connectivity index (χ0) is 13.4. The third-order valence-corrected chi connectivity index (χ3v) is 4.88. The first-order valence-corrected chi connectivity index (χ1v) is 7.72. The molecule has 19 heavy (non-hydrogen) atoms. The molecule has 0 saturated carbocycles. The van der Waals surface area contributed by atoms with Crippen LogP contribution in [-0.4, -0.2) is 14.8 Å². The second-order valence-electron chi connectivity index (χ2n) is 4.20. The number of nitrogens with two attached hydrogens (primary N) is 1. The molecule has 3 heterocycles. The van der Waals surface area contributed by atoms with E-state index in [9.17, 15) is 0 Å². The highest BCUT2D eigenvalue weighted by Gasteiger charge is 2.16. The lowest BCUT2D eigenvalue weighted by Crippen LogP contribution is -1.95. The van der Waals surface area contributed by atoms with Gasteiger partial charge in [-0.2, -0.15) is 0 Å². The summed E-state index contributed by atoms with van der Waals surface area (Å²) >= 11 is 3.26. The lowest BCUT2D eigenvalue weighted by Gasteiger charge is -1.96. The van der Waals surface area contributed by atoms with Gasteiger partial charge in [0.25, 0.3) is 0 Å². The molecule has 0 radical (unpaired) electrons. The van der Waals surface area contributed by atoms with Crippen LogP contribution in [0.3, 0.4) is 0 Å². The molecular weight excluding hydrogens is 276 g/mol. The Labute approximate surface area is 119 Å². The van der Waals surface area contributed by atoms with E-state index in [1.54, 1.807) is 27.4 Å². The number of thiophene rings is 2. The summed E-state index contributed by atoms with van der Waals surface area (Å²) in [6.45, 7) is 2.13. The molecule has 0 aromatic carbocycles. The monoisotopic (exact) mass is 290 g/mol. The quantitative estimate of drug-likeness (QED) is 0.804. The summed E-state index contributed by atoms with van der Waals surface area (Å²) in [7, 11) is 1.90. The number of nitrogen functional groups attached to an aromatic ring is 1. The molecule has 0 fully saturated rings. The van der Waals surface area contributed by atoms with E-state index in [0.717, 1.165) is 33.5 Å². The molecular formula is C13H14N4S2. The first kappa shape index (κ1) is 12.4. The highest BCUT2D eigenvalue weighted by atomic mass is 32.1. The van der Waals surface area contributed by atoms with Crippen molar-refractivity contribution < 1.29 is 0 Å². The fourth-order valence-electron chi connectivity index (χ4n) is 1.94. The van der Waals surface area contributed by atoms with E-state index in [0.29, 0.717) is 0 Å². The Morgan fingerprint density at radius 2 is 2.26 bits per heavy atom. The molecule has 98 valence electrons. The summed E-state index contributed by atoms with van der Waals surface area (Å²) in [4.78, 5) is 6.97. The van der Waals surface area contributed by atoms with Crippen molar-refractivity contribution in [1.82, 2.24) is 14.8 Å². The van der Waals surface area contributed by atoms with E-state index >= 15 is 0 Å². The van der Waals surface area contributed by atoms with Gasteiger partial charge in [-0.25, -0.2) is 9.67 Å². The van der Waals surface area contributed by atoms with Gasteiger partial charge < -0.3 is 5.73 Å². The predicted molar refractivity (Wildman–Crippen MR) is 81.4 cm³/mol. The van der Waals surface area contributed by atoms with Crippen molar-refractivity contribution in [2.45, 2.75) is 13.3 Å². The Bertz CT molecular complexity index is 694. The van der Waals surface area contributed by atoms with Crippen molar-refractivity contribution in [3.05, 3.63) is 28.5 Å². The van der Waals surface area contributed by atoms with Gasteiger partial charge in [0.05, 0.1) is 15.4 Å². The summed E-state index contributed by atoms with van der Waals surface area (Å²) in [5.74, 6) is 1.59. The highest BCUT2D eigenvalue weighted by molar-refractivity contribution is 7.16. The molecule has 2 N–H and O–H groups in total. The van der Waals surface area contributed by atoms with Crippen LogP contribution in [0.4, 0.5) is 5.00 Å². The summed E-state index contributed by atoms with van der Waals surface area (Å²) in [5, 5.41) is 7.31.